The van der Waals surface area contributed by atoms with E-state index in [0.29, 0.717) is 32.7 Å². The third kappa shape index (κ3) is 4.87. The predicted molar refractivity (Wildman–Crippen MR) is 95.8 cm³/mol. The molecule has 0 unspecified atom stereocenters. The van der Waals surface area contributed by atoms with Crippen LogP contribution < -0.4 is 4.74 Å². The molecule has 0 N–H and O–H groups in total. The predicted octanol–water partition coefficient (Wildman–Crippen LogP) is 5.95. The largest absolute Gasteiger partial charge is 0.479 e. The average Bonchev–Trinajstić information content (AvgIpc) is 3.06. The Bertz CT molecular complexity index is 858. The smallest absolute Gasteiger partial charge is 0.277 e. The van der Waals surface area contributed by atoms with Gasteiger partial charge in [0.25, 0.3) is 11.1 Å². The summed E-state index contributed by atoms with van der Waals surface area (Å²) in [4.78, 5) is 0. The van der Waals surface area contributed by atoms with Crippen LogP contribution in [0.15, 0.2) is 52.1 Å². The van der Waals surface area contributed by atoms with Crippen molar-refractivity contribution in [1.29, 1.82) is 0 Å². The Morgan fingerprint density at radius 3 is 2.64 bits per heavy atom. The summed E-state index contributed by atoms with van der Waals surface area (Å²) in [5.74, 6) is 1.16. The number of hydrogen-bond acceptors (Lipinski definition) is 5. The lowest BCUT2D eigenvalue weighted by atomic mass is 10.2. The fourth-order valence-corrected chi connectivity index (χ4v) is 3.16. The highest BCUT2D eigenvalue weighted by Gasteiger charge is 2.17. The van der Waals surface area contributed by atoms with E-state index in [2.05, 4.69) is 10.2 Å². The molecular formula is C17H13Cl2FN2O2S. The van der Waals surface area contributed by atoms with Crippen molar-refractivity contribution in [3.63, 3.8) is 0 Å². The van der Waals surface area contributed by atoms with Crippen LogP contribution in [0.4, 0.5) is 4.39 Å². The number of nitrogens with zero attached hydrogens (tertiary/aromatic N) is 2. The van der Waals surface area contributed by atoms with Gasteiger partial charge in [-0.2, -0.15) is 0 Å². The van der Waals surface area contributed by atoms with E-state index in [0.717, 1.165) is 5.56 Å². The van der Waals surface area contributed by atoms with Crippen molar-refractivity contribution < 1.29 is 13.5 Å². The summed E-state index contributed by atoms with van der Waals surface area (Å²) in [6.07, 6.45) is -0.466. The van der Waals surface area contributed by atoms with Crippen LogP contribution in [0.25, 0.3) is 0 Å². The molecule has 2 aromatic carbocycles. The molecule has 1 atom stereocenters. The molecule has 0 aliphatic rings. The molecule has 0 spiro atoms. The molecule has 0 saturated carbocycles. The van der Waals surface area contributed by atoms with Crippen molar-refractivity contribution >= 4 is 35.0 Å². The first-order chi connectivity index (χ1) is 12.0. The summed E-state index contributed by atoms with van der Waals surface area (Å²) in [7, 11) is 0. The Balaban J connectivity index is 1.61. The second-order valence-electron chi connectivity index (χ2n) is 5.16. The van der Waals surface area contributed by atoms with Gasteiger partial charge in [0.15, 0.2) is 6.10 Å². The van der Waals surface area contributed by atoms with E-state index < -0.39 is 6.10 Å². The molecule has 3 rings (SSSR count). The molecule has 0 radical (unpaired) electrons. The average molecular weight is 399 g/mol. The molecule has 0 amide bonds. The van der Waals surface area contributed by atoms with Gasteiger partial charge in [-0.15, -0.1) is 10.2 Å². The van der Waals surface area contributed by atoms with Crippen LogP contribution in [0.1, 0.15) is 24.5 Å². The first kappa shape index (κ1) is 18.0. The molecule has 1 aromatic heterocycles. The Hall–Kier alpha value is -1.76. The molecule has 8 heteroatoms. The molecule has 4 nitrogen and oxygen atoms in total. The lowest BCUT2D eigenvalue weighted by Gasteiger charge is -2.12. The summed E-state index contributed by atoms with van der Waals surface area (Å²) in [5, 5.41) is 9.33. The summed E-state index contributed by atoms with van der Waals surface area (Å²) in [6.45, 7) is 1.78. The van der Waals surface area contributed by atoms with Crippen LogP contribution in [0.5, 0.6) is 5.75 Å². The molecule has 0 aliphatic carbocycles. The molecule has 1 heterocycles. The molecule has 0 fully saturated rings. The van der Waals surface area contributed by atoms with E-state index in [1.807, 2.05) is 0 Å². The zero-order valence-electron chi connectivity index (χ0n) is 13.1. The second-order valence-corrected chi connectivity index (χ2v) is 6.93. The zero-order chi connectivity index (χ0) is 17.8. The number of hydrogen-bond donors (Lipinski definition) is 0. The summed E-state index contributed by atoms with van der Waals surface area (Å²) in [5.41, 5.74) is 0.961. The Labute approximate surface area is 158 Å². The topological polar surface area (TPSA) is 48.2 Å². The number of thioether (sulfide) groups is 1. The van der Waals surface area contributed by atoms with Gasteiger partial charge in [-0.05, 0) is 42.8 Å². The lowest BCUT2D eigenvalue weighted by Crippen LogP contribution is -2.03. The van der Waals surface area contributed by atoms with E-state index in [1.54, 1.807) is 37.3 Å². The monoisotopic (exact) mass is 398 g/mol. The van der Waals surface area contributed by atoms with E-state index in [-0.39, 0.29) is 5.82 Å². The van der Waals surface area contributed by atoms with Gasteiger partial charge in [0.2, 0.25) is 0 Å². The lowest BCUT2D eigenvalue weighted by molar-refractivity contribution is 0.182. The van der Waals surface area contributed by atoms with Gasteiger partial charge in [0.1, 0.15) is 11.6 Å². The normalized spacial score (nSPS) is 12.2. The van der Waals surface area contributed by atoms with E-state index >= 15 is 0 Å². The minimum absolute atomic E-state index is 0.263. The second kappa shape index (κ2) is 8.08. The SMILES string of the molecule is C[C@H](Oc1ccc(Cl)cc1Cl)c1nnc(SCc2ccc(F)cc2)o1. The van der Waals surface area contributed by atoms with E-state index in [1.165, 1.54) is 23.9 Å². The fourth-order valence-electron chi connectivity index (χ4n) is 1.98. The van der Waals surface area contributed by atoms with Gasteiger partial charge in [0, 0.05) is 10.8 Å². The van der Waals surface area contributed by atoms with Gasteiger partial charge in [-0.25, -0.2) is 4.39 Å². The summed E-state index contributed by atoms with van der Waals surface area (Å²) in [6, 6.07) is 11.2. The highest BCUT2D eigenvalue weighted by molar-refractivity contribution is 7.98. The van der Waals surface area contributed by atoms with Crippen molar-refractivity contribution in [2.45, 2.75) is 24.0 Å². The maximum absolute atomic E-state index is 12.9. The first-order valence-electron chi connectivity index (χ1n) is 7.33. The molecule has 0 bridgehead atoms. The first-order valence-corrected chi connectivity index (χ1v) is 9.08. The van der Waals surface area contributed by atoms with Gasteiger partial charge in [0.05, 0.1) is 5.02 Å². The standard InChI is InChI=1S/C17H13Cl2FN2O2S/c1-10(23-15-7-4-12(18)8-14(15)19)16-21-22-17(24-16)25-9-11-2-5-13(20)6-3-11/h2-8,10H,9H2,1H3/t10-/m0/s1. The van der Waals surface area contributed by atoms with Crippen LogP contribution >= 0.6 is 35.0 Å². The summed E-state index contributed by atoms with van der Waals surface area (Å²) < 4.78 is 24.2. The van der Waals surface area contributed by atoms with Gasteiger partial charge < -0.3 is 9.15 Å². The number of rotatable bonds is 6. The quantitative estimate of drug-likeness (QED) is 0.480. The number of halogens is 3. The molecular weight excluding hydrogens is 386 g/mol. The Morgan fingerprint density at radius 2 is 1.92 bits per heavy atom. The van der Waals surface area contributed by atoms with Gasteiger partial charge in [-0.3, -0.25) is 0 Å². The third-order valence-corrected chi connectivity index (χ3v) is 4.66. The highest BCUT2D eigenvalue weighted by atomic mass is 35.5. The Kier molecular flexibility index (Phi) is 5.83. The molecule has 0 saturated heterocycles. The zero-order valence-corrected chi connectivity index (χ0v) is 15.4. The van der Waals surface area contributed by atoms with Gasteiger partial charge in [-0.1, -0.05) is 47.1 Å². The maximum Gasteiger partial charge on any atom is 0.277 e. The summed E-state index contributed by atoms with van der Waals surface area (Å²) >= 11 is 13.3. The highest BCUT2D eigenvalue weighted by Crippen LogP contribution is 2.31. The van der Waals surface area contributed by atoms with Crippen molar-refractivity contribution in [3.8, 4) is 5.75 Å². The fraction of sp³-hybridized carbons (Fsp3) is 0.176. The Morgan fingerprint density at radius 1 is 1.16 bits per heavy atom. The van der Waals surface area contributed by atoms with Crippen LogP contribution in [-0.4, -0.2) is 10.2 Å². The maximum atomic E-state index is 12.9. The van der Waals surface area contributed by atoms with Crippen molar-refractivity contribution in [3.05, 3.63) is 69.8 Å². The van der Waals surface area contributed by atoms with E-state index in [4.69, 9.17) is 32.4 Å². The van der Waals surface area contributed by atoms with Crippen LogP contribution in [0.3, 0.4) is 0 Å². The number of benzene rings is 2. The van der Waals surface area contributed by atoms with Crippen molar-refractivity contribution in [2.75, 3.05) is 0 Å². The van der Waals surface area contributed by atoms with Crippen molar-refractivity contribution in [2.24, 2.45) is 0 Å². The number of ether oxygens (including phenoxy) is 1. The van der Waals surface area contributed by atoms with Crippen LogP contribution in [0, 0.1) is 5.82 Å². The third-order valence-electron chi connectivity index (χ3n) is 3.24. The number of aromatic nitrogens is 2. The molecule has 130 valence electrons. The minimum atomic E-state index is -0.466. The van der Waals surface area contributed by atoms with Crippen molar-refractivity contribution in [1.82, 2.24) is 10.2 Å². The minimum Gasteiger partial charge on any atom is -0.479 e. The van der Waals surface area contributed by atoms with Crippen LogP contribution in [0.2, 0.25) is 10.0 Å². The molecule has 25 heavy (non-hydrogen) atoms. The molecule has 0 aliphatic heterocycles. The van der Waals surface area contributed by atoms with Gasteiger partial charge >= 0.3 is 0 Å². The van der Waals surface area contributed by atoms with E-state index in [9.17, 15) is 4.39 Å². The molecule has 3 aromatic rings. The van der Waals surface area contributed by atoms with Crippen LogP contribution in [-0.2, 0) is 5.75 Å².